The molecule has 0 aromatic heterocycles. The third kappa shape index (κ3) is 4.83. The average Bonchev–Trinajstić information content (AvgIpc) is 2.88. The lowest BCUT2D eigenvalue weighted by molar-refractivity contribution is 0.0601. The summed E-state index contributed by atoms with van der Waals surface area (Å²) in [5.74, 6) is -0.173. The van der Waals surface area contributed by atoms with Crippen LogP contribution in [0.2, 0.25) is 0 Å². The third-order valence-electron chi connectivity index (χ3n) is 5.97. The number of methoxy groups -OCH3 is 3. The van der Waals surface area contributed by atoms with E-state index in [0.29, 0.717) is 17.1 Å². The van der Waals surface area contributed by atoms with Gasteiger partial charge >= 0.3 is 5.97 Å². The monoisotopic (exact) mass is 460 g/mol. The van der Waals surface area contributed by atoms with E-state index in [-0.39, 0.29) is 17.2 Å². The zero-order chi connectivity index (χ0) is 24.1. The predicted molar refractivity (Wildman–Crippen MR) is 131 cm³/mol. The van der Waals surface area contributed by atoms with Crippen LogP contribution in [0.3, 0.4) is 0 Å². The zero-order valence-corrected chi connectivity index (χ0v) is 19.6. The molecule has 4 rings (SSSR count). The number of amides is 1. The molecule has 3 aromatic carbocycles. The van der Waals surface area contributed by atoms with E-state index in [0.717, 1.165) is 31.5 Å². The van der Waals surface area contributed by atoms with Crippen molar-refractivity contribution in [1.29, 1.82) is 0 Å². The van der Waals surface area contributed by atoms with Crippen molar-refractivity contribution >= 4 is 23.3 Å². The first-order valence-corrected chi connectivity index (χ1v) is 11.1. The lowest BCUT2D eigenvalue weighted by Gasteiger charge is -2.31. The average molecular weight is 461 g/mol. The summed E-state index contributed by atoms with van der Waals surface area (Å²) in [5, 5.41) is 2.80. The number of carbonyl (C=O) groups is 2. The fraction of sp³-hybridized carbons (Fsp3) is 0.259. The lowest BCUT2D eigenvalue weighted by Crippen LogP contribution is -2.28. The van der Waals surface area contributed by atoms with Crippen molar-refractivity contribution in [2.24, 2.45) is 0 Å². The first kappa shape index (κ1) is 23.2. The molecule has 34 heavy (non-hydrogen) atoms. The molecule has 1 aliphatic heterocycles. The van der Waals surface area contributed by atoms with Gasteiger partial charge in [-0.25, -0.2) is 4.79 Å². The number of aryl methyl sites for hydroxylation is 1. The maximum Gasteiger partial charge on any atom is 0.340 e. The summed E-state index contributed by atoms with van der Waals surface area (Å²) < 4.78 is 15.4. The van der Waals surface area contributed by atoms with E-state index in [1.54, 1.807) is 18.2 Å². The number of esters is 1. The van der Waals surface area contributed by atoms with E-state index in [1.807, 2.05) is 12.1 Å². The van der Waals surface area contributed by atoms with Gasteiger partial charge in [-0.05, 0) is 42.2 Å². The molecule has 7 nitrogen and oxygen atoms in total. The number of para-hydroxylation sites is 1. The molecule has 0 atom stereocenters. The van der Waals surface area contributed by atoms with Gasteiger partial charge in [0, 0.05) is 36.5 Å². The molecule has 0 radical (unpaired) electrons. The number of ether oxygens (including phenoxy) is 3. The second kappa shape index (κ2) is 10.3. The number of anilines is 2. The Hall–Kier alpha value is -4.00. The summed E-state index contributed by atoms with van der Waals surface area (Å²) >= 11 is 0. The van der Waals surface area contributed by atoms with Crippen LogP contribution in [-0.4, -0.2) is 39.8 Å². The number of nitrogens with zero attached hydrogens (tertiary/aromatic N) is 1. The summed E-state index contributed by atoms with van der Waals surface area (Å²) in [4.78, 5) is 27.6. The molecular weight excluding hydrogens is 432 g/mol. The number of carbonyl (C=O) groups excluding carboxylic acids is 2. The van der Waals surface area contributed by atoms with Gasteiger partial charge in [0.05, 0.1) is 32.6 Å². The van der Waals surface area contributed by atoms with Crippen LogP contribution in [0.15, 0.2) is 60.7 Å². The van der Waals surface area contributed by atoms with Gasteiger partial charge in [-0.3, -0.25) is 4.79 Å². The summed E-state index contributed by atoms with van der Waals surface area (Å²) in [7, 11) is 4.24. The Kier molecular flexibility index (Phi) is 7.01. The number of rotatable bonds is 7. The Balaban J connectivity index is 1.51. The Bertz CT molecular complexity index is 1190. The molecule has 0 bridgehead atoms. The minimum absolute atomic E-state index is 0.175. The van der Waals surface area contributed by atoms with Gasteiger partial charge in [-0.1, -0.05) is 30.3 Å². The van der Waals surface area contributed by atoms with Crippen LogP contribution in [0, 0.1) is 0 Å². The fourth-order valence-corrected chi connectivity index (χ4v) is 4.21. The standard InChI is InChI=1S/C27H28N2O5/c1-32-24-15-21(27(31)34-3)22(16-25(24)33-2)28-26(30)20-12-10-18(11-13-20)17-29-14-6-8-19-7-4-5-9-23(19)29/h4-5,7,9-13,15-16H,6,8,14,17H2,1-3H3,(H,28,30). The number of hydrogen-bond donors (Lipinski definition) is 1. The molecule has 0 spiro atoms. The van der Waals surface area contributed by atoms with Crippen LogP contribution in [0.5, 0.6) is 11.5 Å². The number of hydrogen-bond acceptors (Lipinski definition) is 6. The molecule has 1 amide bonds. The van der Waals surface area contributed by atoms with Crippen molar-refractivity contribution in [1.82, 2.24) is 0 Å². The van der Waals surface area contributed by atoms with Gasteiger partial charge in [0.25, 0.3) is 5.91 Å². The largest absolute Gasteiger partial charge is 0.493 e. The van der Waals surface area contributed by atoms with Crippen molar-refractivity contribution < 1.29 is 23.8 Å². The maximum atomic E-state index is 13.0. The molecular formula is C27H28N2O5. The molecule has 176 valence electrons. The third-order valence-corrected chi connectivity index (χ3v) is 5.97. The fourth-order valence-electron chi connectivity index (χ4n) is 4.21. The molecule has 1 aliphatic rings. The van der Waals surface area contributed by atoms with Crippen LogP contribution in [-0.2, 0) is 17.7 Å². The highest BCUT2D eigenvalue weighted by molar-refractivity contribution is 6.08. The van der Waals surface area contributed by atoms with Gasteiger partial charge in [-0.2, -0.15) is 0 Å². The Morgan fingerprint density at radius 1 is 0.941 bits per heavy atom. The van der Waals surface area contributed by atoms with Crippen molar-refractivity contribution in [2.45, 2.75) is 19.4 Å². The Labute approximate surface area is 199 Å². The van der Waals surface area contributed by atoms with Crippen molar-refractivity contribution in [3.8, 4) is 11.5 Å². The molecule has 1 N–H and O–H groups in total. The maximum absolute atomic E-state index is 13.0. The smallest absolute Gasteiger partial charge is 0.340 e. The topological polar surface area (TPSA) is 77.1 Å². The first-order chi connectivity index (χ1) is 16.5. The molecule has 0 saturated carbocycles. The second-order valence-corrected chi connectivity index (χ2v) is 8.05. The van der Waals surface area contributed by atoms with E-state index < -0.39 is 5.97 Å². The summed E-state index contributed by atoms with van der Waals surface area (Å²) in [6.07, 6.45) is 2.24. The zero-order valence-electron chi connectivity index (χ0n) is 19.6. The van der Waals surface area contributed by atoms with E-state index in [9.17, 15) is 9.59 Å². The normalized spacial score (nSPS) is 12.5. The SMILES string of the molecule is COC(=O)c1cc(OC)c(OC)cc1NC(=O)c1ccc(CN2CCCc3ccccc32)cc1. The van der Waals surface area contributed by atoms with Crippen LogP contribution >= 0.6 is 0 Å². The lowest BCUT2D eigenvalue weighted by atomic mass is 10.0. The van der Waals surface area contributed by atoms with Gasteiger partial charge in [0.2, 0.25) is 0 Å². The van der Waals surface area contributed by atoms with Gasteiger partial charge in [0.1, 0.15) is 0 Å². The number of fused-ring (bicyclic) bond motifs is 1. The van der Waals surface area contributed by atoms with E-state index in [2.05, 4.69) is 34.5 Å². The quantitative estimate of drug-likeness (QED) is 0.515. The summed E-state index contributed by atoms with van der Waals surface area (Å²) in [6, 6.07) is 19.0. The summed E-state index contributed by atoms with van der Waals surface area (Å²) in [5.41, 5.74) is 4.71. The van der Waals surface area contributed by atoms with Gasteiger partial charge in [-0.15, -0.1) is 0 Å². The van der Waals surface area contributed by atoms with Crippen LogP contribution in [0.4, 0.5) is 11.4 Å². The Morgan fingerprint density at radius 2 is 1.65 bits per heavy atom. The number of nitrogens with one attached hydrogen (secondary N) is 1. The van der Waals surface area contributed by atoms with E-state index in [4.69, 9.17) is 14.2 Å². The van der Waals surface area contributed by atoms with Crippen molar-refractivity contribution in [2.75, 3.05) is 38.1 Å². The van der Waals surface area contributed by atoms with E-state index >= 15 is 0 Å². The molecule has 0 aliphatic carbocycles. The van der Waals surface area contributed by atoms with Crippen LogP contribution in [0.1, 0.15) is 38.3 Å². The van der Waals surface area contributed by atoms with Gasteiger partial charge < -0.3 is 24.4 Å². The highest BCUT2D eigenvalue weighted by Crippen LogP contribution is 2.34. The molecule has 1 heterocycles. The van der Waals surface area contributed by atoms with E-state index in [1.165, 1.54) is 38.6 Å². The highest BCUT2D eigenvalue weighted by atomic mass is 16.5. The molecule has 0 unspecified atom stereocenters. The minimum Gasteiger partial charge on any atom is -0.493 e. The molecule has 0 fully saturated rings. The van der Waals surface area contributed by atoms with Crippen molar-refractivity contribution in [3.05, 3.63) is 82.9 Å². The number of benzene rings is 3. The van der Waals surface area contributed by atoms with Gasteiger partial charge in [0.15, 0.2) is 11.5 Å². The van der Waals surface area contributed by atoms with Crippen LogP contribution < -0.4 is 19.7 Å². The minimum atomic E-state index is -0.589. The van der Waals surface area contributed by atoms with Crippen LogP contribution in [0.25, 0.3) is 0 Å². The summed E-state index contributed by atoms with van der Waals surface area (Å²) in [6.45, 7) is 1.79. The first-order valence-electron chi connectivity index (χ1n) is 11.1. The van der Waals surface area contributed by atoms with Crippen molar-refractivity contribution in [3.63, 3.8) is 0 Å². The predicted octanol–water partition coefficient (Wildman–Crippen LogP) is 4.70. The second-order valence-electron chi connectivity index (χ2n) is 8.05. The highest BCUT2D eigenvalue weighted by Gasteiger charge is 2.20. The molecule has 7 heteroatoms. The Morgan fingerprint density at radius 3 is 2.35 bits per heavy atom. The molecule has 3 aromatic rings. The molecule has 0 saturated heterocycles.